The van der Waals surface area contributed by atoms with Crippen molar-refractivity contribution in [1.29, 1.82) is 0 Å². The van der Waals surface area contributed by atoms with E-state index in [4.69, 9.17) is 16.2 Å². The number of esters is 1. The number of methoxy groups -OCH3 is 1. The first-order chi connectivity index (χ1) is 11.6. The van der Waals surface area contributed by atoms with E-state index in [-0.39, 0.29) is 16.8 Å². The van der Waals surface area contributed by atoms with Crippen LogP contribution in [0.3, 0.4) is 0 Å². The normalized spacial score (nSPS) is 11.9. The molecule has 0 aliphatic heterocycles. The Balaban J connectivity index is 0.000000257. The average Bonchev–Trinajstić information content (AvgIpc) is 2.56. The predicted octanol–water partition coefficient (Wildman–Crippen LogP) is 3.93. The van der Waals surface area contributed by atoms with Crippen molar-refractivity contribution < 1.29 is 22.5 Å². The molecule has 0 saturated carbocycles. The highest BCUT2D eigenvalue weighted by Gasteiger charge is 2.13. The maximum Gasteiger partial charge on any atom is 0.308 e. The molecule has 0 aliphatic rings. The molecule has 0 heterocycles. The van der Waals surface area contributed by atoms with Gasteiger partial charge in [-0.3, -0.25) is 9.35 Å². The van der Waals surface area contributed by atoms with Crippen molar-refractivity contribution in [3.63, 3.8) is 0 Å². The molecule has 0 spiro atoms. The Morgan fingerprint density at radius 1 is 1.12 bits per heavy atom. The zero-order valence-corrected chi connectivity index (χ0v) is 15.8. The lowest BCUT2D eigenvalue weighted by Gasteiger charge is -2.08. The standard InChI is InChI=1S/C11H13ClO2.C7H8O3S/c1-8(11(13)14-2)7-9-3-5-10(12)6-4-9;1-6-2-4-7(5-3-6)11(8,9)10/h3-6,8H,7H2,1-2H3;2-5H,1H3,(H,8,9,10). The minimum absolute atomic E-state index is 0.0666. The fraction of sp³-hybridized carbons (Fsp3) is 0.278. The van der Waals surface area contributed by atoms with Crippen LogP contribution in [0.15, 0.2) is 53.4 Å². The number of halogens is 1. The zero-order valence-electron chi connectivity index (χ0n) is 14.3. The summed E-state index contributed by atoms with van der Waals surface area (Å²) in [5.74, 6) is -0.291. The van der Waals surface area contributed by atoms with E-state index < -0.39 is 10.1 Å². The van der Waals surface area contributed by atoms with Gasteiger partial charge in [0.15, 0.2) is 0 Å². The van der Waals surface area contributed by atoms with Crippen LogP contribution in [0.4, 0.5) is 0 Å². The van der Waals surface area contributed by atoms with Crippen LogP contribution in [0.1, 0.15) is 18.1 Å². The number of rotatable bonds is 4. The van der Waals surface area contributed by atoms with Crippen LogP contribution in [0, 0.1) is 12.8 Å². The molecular formula is C18H21ClO5S. The Kier molecular flexibility index (Phi) is 8.09. The number of carbonyl (C=O) groups is 1. The third-order valence-corrected chi connectivity index (χ3v) is 4.50. The molecule has 1 unspecified atom stereocenters. The van der Waals surface area contributed by atoms with Crippen LogP contribution < -0.4 is 0 Å². The van der Waals surface area contributed by atoms with Gasteiger partial charge in [-0.25, -0.2) is 0 Å². The maximum atomic E-state index is 11.1. The van der Waals surface area contributed by atoms with Crippen LogP contribution in [0.25, 0.3) is 0 Å². The van der Waals surface area contributed by atoms with Crippen molar-refractivity contribution in [2.75, 3.05) is 7.11 Å². The molecule has 0 amide bonds. The Hall–Kier alpha value is -1.89. The molecule has 136 valence electrons. The van der Waals surface area contributed by atoms with E-state index >= 15 is 0 Å². The first-order valence-corrected chi connectivity index (χ1v) is 9.31. The quantitative estimate of drug-likeness (QED) is 0.638. The van der Waals surface area contributed by atoms with Crippen LogP contribution >= 0.6 is 11.6 Å². The number of benzene rings is 2. The summed E-state index contributed by atoms with van der Waals surface area (Å²) >= 11 is 5.75. The van der Waals surface area contributed by atoms with Crippen LogP contribution in [-0.2, 0) is 26.1 Å². The molecular weight excluding hydrogens is 364 g/mol. The zero-order chi connectivity index (χ0) is 19.0. The van der Waals surface area contributed by atoms with Gasteiger partial charge in [-0.1, -0.05) is 48.4 Å². The first-order valence-electron chi connectivity index (χ1n) is 7.50. The number of hydrogen-bond donors (Lipinski definition) is 1. The van der Waals surface area contributed by atoms with Crippen molar-refractivity contribution in [3.05, 3.63) is 64.7 Å². The van der Waals surface area contributed by atoms with E-state index in [9.17, 15) is 13.2 Å². The van der Waals surface area contributed by atoms with E-state index in [1.54, 1.807) is 12.1 Å². The summed E-state index contributed by atoms with van der Waals surface area (Å²) < 4.78 is 34.2. The van der Waals surface area contributed by atoms with Crippen molar-refractivity contribution in [2.45, 2.75) is 25.2 Å². The first kappa shape index (κ1) is 21.2. The highest BCUT2D eigenvalue weighted by Crippen LogP contribution is 2.13. The molecule has 1 N–H and O–H groups in total. The number of hydrogen-bond acceptors (Lipinski definition) is 4. The van der Waals surface area contributed by atoms with Crippen molar-refractivity contribution in [3.8, 4) is 0 Å². The summed E-state index contributed by atoms with van der Waals surface area (Å²) in [7, 11) is -2.62. The van der Waals surface area contributed by atoms with Gasteiger partial charge >= 0.3 is 5.97 Å². The second-order valence-electron chi connectivity index (χ2n) is 5.54. The van der Waals surface area contributed by atoms with E-state index in [0.29, 0.717) is 11.4 Å². The smallest absolute Gasteiger partial charge is 0.308 e. The van der Waals surface area contributed by atoms with Gasteiger partial charge in [0, 0.05) is 5.02 Å². The molecule has 1 atom stereocenters. The highest BCUT2D eigenvalue weighted by atomic mass is 35.5. The second-order valence-corrected chi connectivity index (χ2v) is 7.40. The Labute approximate surface area is 153 Å². The second kappa shape index (κ2) is 9.56. The molecule has 0 saturated heterocycles. The van der Waals surface area contributed by atoms with Crippen molar-refractivity contribution >= 4 is 27.7 Å². The summed E-state index contributed by atoms with van der Waals surface area (Å²) in [6.45, 7) is 3.69. The molecule has 0 aliphatic carbocycles. The Bertz CT molecular complexity index is 783. The van der Waals surface area contributed by atoms with Crippen molar-refractivity contribution in [1.82, 2.24) is 0 Å². The predicted molar refractivity (Wildman–Crippen MR) is 97.3 cm³/mol. The minimum atomic E-state index is -4.02. The maximum absolute atomic E-state index is 11.1. The molecule has 7 heteroatoms. The largest absolute Gasteiger partial charge is 0.469 e. The number of ether oxygens (including phenoxy) is 1. The Morgan fingerprint density at radius 3 is 2.08 bits per heavy atom. The third-order valence-electron chi connectivity index (χ3n) is 3.38. The van der Waals surface area contributed by atoms with E-state index in [2.05, 4.69) is 4.74 Å². The summed E-state index contributed by atoms with van der Waals surface area (Å²) in [5, 5.41) is 0.708. The Morgan fingerprint density at radius 2 is 1.64 bits per heavy atom. The molecule has 5 nitrogen and oxygen atoms in total. The van der Waals surface area contributed by atoms with Gasteiger partial charge in [-0.15, -0.1) is 0 Å². The molecule has 0 radical (unpaired) electrons. The SMILES string of the molecule is COC(=O)C(C)Cc1ccc(Cl)cc1.Cc1ccc(S(=O)(=O)O)cc1. The monoisotopic (exact) mass is 384 g/mol. The summed E-state index contributed by atoms with van der Waals surface area (Å²) in [6.07, 6.45) is 0.684. The molecule has 0 fully saturated rings. The highest BCUT2D eigenvalue weighted by molar-refractivity contribution is 7.85. The molecule has 0 bridgehead atoms. The lowest BCUT2D eigenvalue weighted by Crippen LogP contribution is -2.14. The van der Waals surface area contributed by atoms with E-state index in [1.165, 1.54) is 19.2 Å². The average molecular weight is 385 g/mol. The minimum Gasteiger partial charge on any atom is -0.469 e. The van der Waals surface area contributed by atoms with Gasteiger partial charge in [-0.05, 0) is 43.2 Å². The fourth-order valence-electron chi connectivity index (χ4n) is 1.97. The van der Waals surface area contributed by atoms with Gasteiger partial charge in [0.2, 0.25) is 0 Å². The van der Waals surface area contributed by atoms with Gasteiger partial charge in [0.1, 0.15) is 0 Å². The lowest BCUT2D eigenvalue weighted by atomic mass is 10.0. The molecule has 25 heavy (non-hydrogen) atoms. The van der Waals surface area contributed by atoms with E-state index in [0.717, 1.165) is 11.1 Å². The molecule has 2 aromatic rings. The lowest BCUT2D eigenvalue weighted by molar-refractivity contribution is -0.144. The van der Waals surface area contributed by atoms with E-state index in [1.807, 2.05) is 38.1 Å². The number of carbonyl (C=O) groups excluding carboxylic acids is 1. The molecule has 2 rings (SSSR count). The van der Waals surface area contributed by atoms with Gasteiger partial charge in [-0.2, -0.15) is 8.42 Å². The van der Waals surface area contributed by atoms with Crippen molar-refractivity contribution in [2.24, 2.45) is 5.92 Å². The molecule has 2 aromatic carbocycles. The van der Waals surface area contributed by atoms with Gasteiger partial charge in [0.05, 0.1) is 17.9 Å². The van der Waals surface area contributed by atoms with Crippen LogP contribution in [0.2, 0.25) is 5.02 Å². The van der Waals surface area contributed by atoms with Gasteiger partial charge < -0.3 is 4.74 Å². The number of aryl methyl sites for hydroxylation is 1. The summed E-state index contributed by atoms with van der Waals surface area (Å²) in [5.41, 5.74) is 2.05. The van der Waals surface area contributed by atoms with Crippen LogP contribution in [-0.4, -0.2) is 26.0 Å². The van der Waals surface area contributed by atoms with Gasteiger partial charge in [0.25, 0.3) is 10.1 Å². The molecule has 0 aromatic heterocycles. The fourth-order valence-corrected chi connectivity index (χ4v) is 2.57. The van der Waals surface area contributed by atoms with Crippen LogP contribution in [0.5, 0.6) is 0 Å². The topological polar surface area (TPSA) is 80.7 Å². The summed E-state index contributed by atoms with van der Waals surface area (Å²) in [4.78, 5) is 11.1. The summed E-state index contributed by atoms with van der Waals surface area (Å²) in [6, 6.07) is 13.5. The third kappa shape index (κ3) is 7.69.